The Morgan fingerprint density at radius 1 is 0.824 bits per heavy atom. The van der Waals surface area contributed by atoms with Gasteiger partial charge in [0.15, 0.2) is 9.84 Å². The van der Waals surface area contributed by atoms with Crippen molar-refractivity contribution in [3.8, 4) is 0 Å². The molecule has 2 nitrogen and oxygen atoms in total. The normalized spacial score (nSPS) is 9.41. The van der Waals surface area contributed by atoms with Crippen molar-refractivity contribution in [3.05, 3.63) is 72.5 Å². The van der Waals surface area contributed by atoms with Crippen molar-refractivity contribution >= 4 is 22.0 Å². The second-order valence-corrected chi connectivity index (χ2v) is 4.80. The molecule has 3 heteroatoms. The van der Waals surface area contributed by atoms with Crippen LogP contribution in [0.15, 0.2) is 61.4 Å². The van der Waals surface area contributed by atoms with Gasteiger partial charge >= 0.3 is 0 Å². The van der Waals surface area contributed by atoms with E-state index in [1.807, 2.05) is 36.4 Å². The third-order valence-electron chi connectivity index (χ3n) is 1.90. The van der Waals surface area contributed by atoms with Gasteiger partial charge in [-0.15, -0.1) is 0 Å². The molecule has 0 unspecified atom stereocenters. The van der Waals surface area contributed by atoms with E-state index in [1.165, 1.54) is 0 Å². The summed E-state index contributed by atoms with van der Waals surface area (Å²) in [5, 5.41) is 1.69. The molecule has 0 aromatic heterocycles. The molecule has 90 valence electrons. The third kappa shape index (κ3) is 5.68. The average molecular weight is 248 g/mol. The van der Waals surface area contributed by atoms with Crippen molar-refractivity contribution in [1.82, 2.24) is 0 Å². The van der Waals surface area contributed by atoms with Gasteiger partial charge in [-0.05, 0) is 11.1 Å². The quantitative estimate of drug-likeness (QED) is 0.815. The van der Waals surface area contributed by atoms with Crippen LogP contribution in [0.5, 0.6) is 0 Å². The fourth-order valence-corrected chi connectivity index (χ4v) is 1.09. The summed E-state index contributed by atoms with van der Waals surface area (Å²) in [6.45, 7) is 13.5. The molecule has 0 aliphatic carbocycles. The first kappa shape index (κ1) is 15.1. The Morgan fingerprint density at radius 2 is 1.18 bits per heavy atom. The van der Waals surface area contributed by atoms with Crippen LogP contribution in [0.2, 0.25) is 0 Å². The zero-order chi connectivity index (χ0) is 13.3. The first-order valence-electron chi connectivity index (χ1n) is 4.84. The van der Waals surface area contributed by atoms with E-state index in [0.717, 1.165) is 21.9 Å². The molecule has 1 rings (SSSR count). The van der Waals surface area contributed by atoms with Crippen molar-refractivity contribution < 1.29 is 8.42 Å². The summed E-state index contributed by atoms with van der Waals surface area (Å²) < 4.78 is 20.3. The van der Waals surface area contributed by atoms with Crippen LogP contribution >= 0.6 is 0 Å². The van der Waals surface area contributed by atoms with Gasteiger partial charge < -0.3 is 0 Å². The fourth-order valence-electron chi connectivity index (χ4n) is 0.951. The van der Waals surface area contributed by atoms with E-state index in [0.29, 0.717) is 0 Å². The Hall–Kier alpha value is -1.87. The van der Waals surface area contributed by atoms with E-state index >= 15 is 0 Å². The minimum absolute atomic E-state index is 0.847. The van der Waals surface area contributed by atoms with Gasteiger partial charge in [0.1, 0.15) is 0 Å². The summed E-state index contributed by atoms with van der Waals surface area (Å²) in [6, 6.07) is 8.02. The molecule has 0 spiro atoms. The molecule has 1 aromatic rings. The van der Waals surface area contributed by atoms with Crippen LogP contribution in [0, 0.1) is 0 Å². The van der Waals surface area contributed by atoms with Gasteiger partial charge in [-0.25, -0.2) is 8.42 Å². The van der Waals surface area contributed by atoms with Crippen LogP contribution in [-0.2, 0) is 9.84 Å². The minimum atomic E-state index is -3.13. The summed E-state index contributed by atoms with van der Waals surface area (Å²) in [6.07, 6.45) is 3.66. The van der Waals surface area contributed by atoms with Gasteiger partial charge in [0.2, 0.25) is 0 Å². The van der Waals surface area contributed by atoms with Crippen LogP contribution in [-0.4, -0.2) is 8.42 Å². The maximum absolute atomic E-state index is 10.1. The topological polar surface area (TPSA) is 34.1 Å². The molecule has 17 heavy (non-hydrogen) atoms. The smallest absolute Gasteiger partial charge is 0.191 e. The standard InChI is InChI=1S/C10H10.C4H6O2S/c1-3-9-7-5-6-8-10(9)4-2;1-3-7(5,6)4-2/h3-8H,1-2H2;3-4H,1-2H2. The van der Waals surface area contributed by atoms with E-state index < -0.39 is 9.84 Å². The molecular formula is C14H16O2S. The fraction of sp³-hybridized carbons (Fsp3) is 0. The van der Waals surface area contributed by atoms with E-state index in [2.05, 4.69) is 26.3 Å². The van der Waals surface area contributed by atoms with E-state index in [1.54, 1.807) is 0 Å². The third-order valence-corrected chi connectivity index (χ3v) is 2.83. The molecule has 0 amide bonds. The number of hydrogen-bond acceptors (Lipinski definition) is 2. The van der Waals surface area contributed by atoms with Crippen LogP contribution < -0.4 is 0 Å². The maximum atomic E-state index is 10.1. The highest BCUT2D eigenvalue weighted by molar-refractivity contribution is 7.97. The zero-order valence-electron chi connectivity index (χ0n) is 9.67. The summed E-state index contributed by atoms with van der Waals surface area (Å²) in [4.78, 5) is 0. The lowest BCUT2D eigenvalue weighted by Gasteiger charge is -1.96. The molecule has 0 bridgehead atoms. The predicted molar refractivity (Wildman–Crippen MR) is 75.9 cm³/mol. The van der Waals surface area contributed by atoms with Gasteiger partial charge in [-0.1, -0.05) is 62.7 Å². The Bertz CT molecular complexity index is 470. The highest BCUT2D eigenvalue weighted by atomic mass is 32.2. The molecule has 0 fully saturated rings. The SMILES string of the molecule is C=CS(=O)(=O)C=C.C=Cc1ccccc1C=C. The molecule has 1 aromatic carbocycles. The van der Waals surface area contributed by atoms with Crippen molar-refractivity contribution in [2.45, 2.75) is 0 Å². The van der Waals surface area contributed by atoms with Crippen LogP contribution in [0.3, 0.4) is 0 Å². The summed E-state index contributed by atoms with van der Waals surface area (Å²) in [5.74, 6) is 0. The van der Waals surface area contributed by atoms with Crippen molar-refractivity contribution in [2.24, 2.45) is 0 Å². The van der Waals surface area contributed by atoms with E-state index in [9.17, 15) is 8.42 Å². The van der Waals surface area contributed by atoms with Crippen LogP contribution in [0.1, 0.15) is 11.1 Å². The molecule has 0 aliphatic heterocycles. The lowest BCUT2D eigenvalue weighted by Crippen LogP contribution is -1.83. The minimum Gasteiger partial charge on any atom is -0.220 e. The monoisotopic (exact) mass is 248 g/mol. The van der Waals surface area contributed by atoms with Crippen LogP contribution in [0.25, 0.3) is 12.2 Å². The molecule has 0 saturated carbocycles. The largest absolute Gasteiger partial charge is 0.220 e. The highest BCUT2D eigenvalue weighted by Crippen LogP contribution is 2.10. The van der Waals surface area contributed by atoms with Crippen LogP contribution in [0.4, 0.5) is 0 Å². The lowest BCUT2D eigenvalue weighted by atomic mass is 10.1. The average Bonchev–Trinajstić information content (AvgIpc) is 2.39. The Labute approximate surface area is 103 Å². The number of rotatable bonds is 4. The maximum Gasteiger partial charge on any atom is 0.191 e. The second-order valence-electron chi connectivity index (χ2n) is 2.96. The number of hydrogen-bond donors (Lipinski definition) is 0. The zero-order valence-corrected chi connectivity index (χ0v) is 10.5. The number of sulfone groups is 1. The van der Waals surface area contributed by atoms with Gasteiger partial charge in [0.25, 0.3) is 0 Å². The summed E-state index contributed by atoms with van der Waals surface area (Å²) in [5.41, 5.74) is 2.27. The van der Waals surface area contributed by atoms with Gasteiger partial charge in [-0.3, -0.25) is 0 Å². The lowest BCUT2D eigenvalue weighted by molar-refractivity contribution is 0.613. The Balaban J connectivity index is 0.000000325. The molecule has 0 N–H and O–H groups in total. The summed E-state index contributed by atoms with van der Waals surface area (Å²) in [7, 11) is -3.13. The van der Waals surface area contributed by atoms with E-state index in [4.69, 9.17) is 0 Å². The molecule has 0 heterocycles. The van der Waals surface area contributed by atoms with E-state index in [-0.39, 0.29) is 0 Å². The molecule has 0 radical (unpaired) electrons. The Kier molecular flexibility index (Phi) is 6.60. The predicted octanol–water partition coefficient (Wildman–Crippen LogP) is 3.66. The van der Waals surface area contributed by atoms with Gasteiger partial charge in [0, 0.05) is 10.8 Å². The molecular weight excluding hydrogens is 232 g/mol. The first-order valence-corrected chi connectivity index (χ1v) is 6.45. The number of benzene rings is 1. The van der Waals surface area contributed by atoms with Crippen molar-refractivity contribution in [2.75, 3.05) is 0 Å². The molecule has 0 saturated heterocycles. The second kappa shape index (κ2) is 7.41. The van der Waals surface area contributed by atoms with Crippen molar-refractivity contribution in [3.63, 3.8) is 0 Å². The first-order chi connectivity index (χ1) is 8.00. The molecule has 0 aliphatic rings. The highest BCUT2D eigenvalue weighted by Gasteiger charge is 1.90. The Morgan fingerprint density at radius 3 is 1.35 bits per heavy atom. The van der Waals surface area contributed by atoms with Crippen molar-refractivity contribution in [1.29, 1.82) is 0 Å². The van der Waals surface area contributed by atoms with Gasteiger partial charge in [0.05, 0.1) is 0 Å². The molecule has 0 atom stereocenters. The summed E-state index contributed by atoms with van der Waals surface area (Å²) >= 11 is 0. The van der Waals surface area contributed by atoms with Gasteiger partial charge in [-0.2, -0.15) is 0 Å².